The lowest BCUT2D eigenvalue weighted by molar-refractivity contribution is -0.144. The molecule has 7 heteroatoms. The molecule has 3 rings (SSSR count). The van der Waals surface area contributed by atoms with E-state index in [9.17, 15) is 14.4 Å². The van der Waals surface area contributed by atoms with Crippen LogP contribution in [-0.2, 0) is 14.3 Å². The third-order valence-corrected chi connectivity index (χ3v) is 5.88. The summed E-state index contributed by atoms with van der Waals surface area (Å²) in [6.45, 7) is 5.21. The molecular formula is C21H29N3O4. The largest absolute Gasteiger partial charge is 0.464 e. The molecule has 1 aromatic carbocycles. The van der Waals surface area contributed by atoms with Crippen molar-refractivity contribution in [1.82, 2.24) is 10.6 Å². The molecule has 1 unspecified atom stereocenters. The lowest BCUT2D eigenvalue weighted by Crippen LogP contribution is -2.44. The first kappa shape index (κ1) is 20.3. The predicted molar refractivity (Wildman–Crippen MR) is 106 cm³/mol. The summed E-state index contributed by atoms with van der Waals surface area (Å²) < 4.78 is 4.89. The fourth-order valence-corrected chi connectivity index (χ4v) is 4.26. The molecule has 1 saturated heterocycles. The Balaban J connectivity index is 1.60. The zero-order valence-electron chi connectivity index (χ0n) is 16.5. The summed E-state index contributed by atoms with van der Waals surface area (Å²) in [5, 5.41) is 9.02. The number of esters is 1. The van der Waals surface area contributed by atoms with Gasteiger partial charge in [-0.05, 0) is 63.4 Å². The Labute approximate surface area is 165 Å². The van der Waals surface area contributed by atoms with Crippen LogP contribution in [0, 0.1) is 11.3 Å². The number of hydrogen-bond acceptors (Lipinski definition) is 5. The van der Waals surface area contributed by atoms with Crippen LogP contribution in [0.3, 0.4) is 0 Å². The van der Waals surface area contributed by atoms with Crippen molar-refractivity contribution >= 4 is 23.5 Å². The molecule has 0 bridgehead atoms. The third-order valence-electron chi connectivity index (χ3n) is 5.88. The minimum absolute atomic E-state index is 0.0651. The number of nitrogens with one attached hydrogen (secondary N) is 3. The number of amides is 2. The molecule has 0 spiro atoms. The van der Waals surface area contributed by atoms with Gasteiger partial charge >= 0.3 is 5.97 Å². The van der Waals surface area contributed by atoms with Crippen molar-refractivity contribution in [3.8, 4) is 0 Å². The summed E-state index contributed by atoms with van der Waals surface area (Å²) in [5.41, 5.74) is 0.777. The van der Waals surface area contributed by atoms with E-state index in [-0.39, 0.29) is 23.8 Å². The van der Waals surface area contributed by atoms with E-state index in [0.29, 0.717) is 17.2 Å². The first-order valence-corrected chi connectivity index (χ1v) is 10.1. The summed E-state index contributed by atoms with van der Waals surface area (Å²) in [6.07, 6.45) is 4.29. The highest BCUT2D eigenvalue weighted by Gasteiger charge is 2.49. The average molecular weight is 387 g/mol. The Hall–Kier alpha value is -2.41. The van der Waals surface area contributed by atoms with Crippen molar-refractivity contribution in [3.63, 3.8) is 0 Å². The van der Waals surface area contributed by atoms with Gasteiger partial charge in [-0.2, -0.15) is 0 Å². The maximum atomic E-state index is 13.0. The van der Waals surface area contributed by atoms with Gasteiger partial charge in [-0.25, -0.2) is 4.79 Å². The number of benzene rings is 1. The molecule has 1 heterocycles. The Morgan fingerprint density at radius 3 is 2.71 bits per heavy atom. The average Bonchev–Trinajstić information content (AvgIpc) is 3.14. The molecule has 2 aliphatic rings. The number of fused-ring (bicyclic) bond motifs is 1. The molecule has 152 valence electrons. The molecule has 7 nitrogen and oxygen atoms in total. The highest BCUT2D eigenvalue weighted by molar-refractivity contribution is 5.99. The van der Waals surface area contributed by atoms with E-state index in [1.807, 2.05) is 0 Å². The van der Waals surface area contributed by atoms with Gasteiger partial charge in [0, 0.05) is 17.8 Å². The molecule has 28 heavy (non-hydrogen) atoms. The van der Waals surface area contributed by atoms with Crippen molar-refractivity contribution in [2.45, 2.75) is 45.6 Å². The second kappa shape index (κ2) is 8.73. The fraction of sp³-hybridized carbons (Fsp3) is 0.571. The Kier molecular flexibility index (Phi) is 6.34. The lowest BCUT2D eigenvalue weighted by Gasteiger charge is -2.37. The van der Waals surface area contributed by atoms with E-state index in [0.717, 1.165) is 32.4 Å². The Morgan fingerprint density at radius 1 is 1.25 bits per heavy atom. The number of anilines is 1. The highest BCUT2D eigenvalue weighted by Crippen LogP contribution is 2.44. The molecule has 0 radical (unpaired) electrons. The maximum Gasteiger partial charge on any atom is 0.328 e. The van der Waals surface area contributed by atoms with Crippen LogP contribution >= 0.6 is 0 Å². The third kappa shape index (κ3) is 4.19. The number of carbonyl (C=O) groups is 3. The first-order valence-electron chi connectivity index (χ1n) is 10.1. The summed E-state index contributed by atoms with van der Waals surface area (Å²) in [6, 6.07) is 6.01. The van der Waals surface area contributed by atoms with Crippen molar-refractivity contribution in [3.05, 3.63) is 29.8 Å². The second-order valence-electron chi connectivity index (χ2n) is 7.71. The fourth-order valence-electron chi connectivity index (χ4n) is 4.26. The van der Waals surface area contributed by atoms with Crippen LogP contribution in [0.2, 0.25) is 0 Å². The van der Waals surface area contributed by atoms with Crippen molar-refractivity contribution < 1.29 is 19.1 Å². The second-order valence-corrected chi connectivity index (χ2v) is 7.71. The van der Waals surface area contributed by atoms with Gasteiger partial charge in [-0.15, -0.1) is 0 Å². The molecule has 1 aromatic rings. The lowest BCUT2D eigenvalue weighted by atomic mass is 9.67. The van der Waals surface area contributed by atoms with Crippen molar-refractivity contribution in [2.75, 3.05) is 25.0 Å². The molecule has 2 fully saturated rings. The number of hydrogen-bond donors (Lipinski definition) is 3. The summed E-state index contributed by atoms with van der Waals surface area (Å²) >= 11 is 0. The van der Waals surface area contributed by atoms with Crippen LogP contribution in [-0.4, -0.2) is 43.5 Å². The molecule has 1 saturated carbocycles. The Bertz CT molecular complexity index is 734. The first-order chi connectivity index (χ1) is 13.5. The molecular weight excluding hydrogens is 358 g/mol. The number of rotatable bonds is 6. The van der Waals surface area contributed by atoms with Gasteiger partial charge in [0.2, 0.25) is 5.91 Å². The minimum atomic E-state index is -0.718. The van der Waals surface area contributed by atoms with Crippen LogP contribution in [0.1, 0.15) is 49.9 Å². The normalized spacial score (nSPS) is 24.7. The van der Waals surface area contributed by atoms with Gasteiger partial charge in [-0.1, -0.05) is 12.8 Å². The van der Waals surface area contributed by atoms with Crippen molar-refractivity contribution in [2.24, 2.45) is 11.3 Å². The maximum absolute atomic E-state index is 13.0. The number of carbonyl (C=O) groups excluding carboxylic acids is 3. The molecule has 1 aliphatic heterocycles. The molecule has 3 N–H and O–H groups in total. The summed E-state index contributed by atoms with van der Waals surface area (Å²) in [4.78, 5) is 36.9. The topological polar surface area (TPSA) is 96.5 Å². The van der Waals surface area contributed by atoms with Gasteiger partial charge in [0.15, 0.2) is 0 Å². The van der Waals surface area contributed by atoms with E-state index in [1.54, 1.807) is 38.1 Å². The van der Waals surface area contributed by atoms with Gasteiger partial charge in [-0.3, -0.25) is 9.59 Å². The van der Waals surface area contributed by atoms with Gasteiger partial charge in [0.25, 0.3) is 5.91 Å². The number of ether oxygens (including phenoxy) is 1. The summed E-state index contributed by atoms with van der Waals surface area (Å²) in [5.74, 6) is -0.360. The molecule has 2 amide bonds. The van der Waals surface area contributed by atoms with E-state index in [1.165, 1.54) is 6.42 Å². The van der Waals surface area contributed by atoms with Gasteiger partial charge in [0.05, 0.1) is 12.0 Å². The van der Waals surface area contributed by atoms with Crippen LogP contribution in [0.5, 0.6) is 0 Å². The zero-order valence-corrected chi connectivity index (χ0v) is 16.5. The predicted octanol–water partition coefficient (Wildman–Crippen LogP) is 2.09. The van der Waals surface area contributed by atoms with Crippen LogP contribution in [0.15, 0.2) is 24.3 Å². The van der Waals surface area contributed by atoms with Crippen LogP contribution in [0.25, 0.3) is 0 Å². The zero-order chi connectivity index (χ0) is 20.1. The van der Waals surface area contributed by atoms with E-state index in [4.69, 9.17) is 4.74 Å². The molecule has 1 aliphatic carbocycles. The quantitative estimate of drug-likeness (QED) is 0.650. The molecule has 0 aromatic heterocycles. The smallest absolute Gasteiger partial charge is 0.328 e. The SMILES string of the molecule is CCOC(=O)C(C)NC(=O)c1ccc(NC(=O)[C@@]23CCCC[C@H]2CNC3)cc1. The van der Waals surface area contributed by atoms with Crippen LogP contribution < -0.4 is 16.0 Å². The monoisotopic (exact) mass is 387 g/mol. The Morgan fingerprint density at radius 2 is 2.00 bits per heavy atom. The van der Waals surface area contributed by atoms with Crippen molar-refractivity contribution in [1.29, 1.82) is 0 Å². The molecule has 3 atom stereocenters. The standard InChI is InChI=1S/C21H29N3O4/c1-3-28-19(26)14(2)23-18(25)15-7-9-17(10-8-15)24-20(27)21-11-5-4-6-16(21)12-22-13-21/h7-10,14,16,22H,3-6,11-13H2,1-2H3,(H,23,25)(H,24,27)/t14?,16-,21+/m0/s1. The minimum Gasteiger partial charge on any atom is -0.464 e. The summed E-state index contributed by atoms with van der Waals surface area (Å²) in [7, 11) is 0. The highest BCUT2D eigenvalue weighted by atomic mass is 16.5. The van der Waals surface area contributed by atoms with E-state index >= 15 is 0 Å². The van der Waals surface area contributed by atoms with Gasteiger partial charge < -0.3 is 20.7 Å². The van der Waals surface area contributed by atoms with E-state index < -0.39 is 12.0 Å². The van der Waals surface area contributed by atoms with Gasteiger partial charge in [0.1, 0.15) is 6.04 Å². The van der Waals surface area contributed by atoms with Crippen LogP contribution in [0.4, 0.5) is 5.69 Å². The van der Waals surface area contributed by atoms with E-state index in [2.05, 4.69) is 16.0 Å².